The lowest BCUT2D eigenvalue weighted by Gasteiger charge is -2.26. The molecule has 0 saturated carbocycles. The van der Waals surface area contributed by atoms with E-state index in [1.807, 2.05) is 41.3 Å². The predicted molar refractivity (Wildman–Crippen MR) is 130 cm³/mol. The number of hydrogen-bond acceptors (Lipinski definition) is 6. The summed E-state index contributed by atoms with van der Waals surface area (Å²) in [5.74, 6) is 0.817. The molecule has 1 N–H and O–H groups in total. The standard InChI is InChI=1S/C25H31N5OS/c31-24(26-14-17-29-15-8-3-9-16-29)20-30(19-22-12-6-2-7-13-22)25-27-23(28-32-25)18-21-10-4-1-5-11-21/h1-2,4-7,10-13H,3,8-9,14-20H2,(H,26,31). The Labute approximate surface area is 194 Å². The Morgan fingerprint density at radius 1 is 0.969 bits per heavy atom. The van der Waals surface area contributed by atoms with E-state index in [-0.39, 0.29) is 12.5 Å². The van der Waals surface area contributed by atoms with Crippen LogP contribution in [0.2, 0.25) is 0 Å². The van der Waals surface area contributed by atoms with Crippen LogP contribution >= 0.6 is 11.5 Å². The van der Waals surface area contributed by atoms with Gasteiger partial charge in [-0.1, -0.05) is 67.1 Å². The summed E-state index contributed by atoms with van der Waals surface area (Å²) in [4.78, 5) is 22.0. The van der Waals surface area contributed by atoms with Crippen LogP contribution in [0.4, 0.5) is 5.13 Å². The van der Waals surface area contributed by atoms with Crippen molar-refractivity contribution in [1.29, 1.82) is 0 Å². The molecule has 2 aromatic carbocycles. The van der Waals surface area contributed by atoms with E-state index in [0.29, 0.717) is 19.5 Å². The Morgan fingerprint density at radius 2 is 1.66 bits per heavy atom. The minimum absolute atomic E-state index is 0.0257. The predicted octanol–water partition coefficient (Wildman–Crippen LogP) is 3.74. The van der Waals surface area contributed by atoms with Gasteiger partial charge in [-0.05, 0) is 37.1 Å². The van der Waals surface area contributed by atoms with Gasteiger partial charge in [0.15, 0.2) is 0 Å². The molecule has 0 unspecified atom stereocenters. The fourth-order valence-corrected chi connectivity index (χ4v) is 4.67. The number of carbonyl (C=O) groups is 1. The maximum absolute atomic E-state index is 12.7. The van der Waals surface area contributed by atoms with E-state index in [9.17, 15) is 4.79 Å². The van der Waals surface area contributed by atoms with Crippen LogP contribution in [0.3, 0.4) is 0 Å². The number of carbonyl (C=O) groups excluding carboxylic acids is 1. The summed E-state index contributed by atoms with van der Waals surface area (Å²) in [6.45, 7) is 4.79. The number of nitrogens with one attached hydrogen (secondary N) is 1. The number of hydrogen-bond donors (Lipinski definition) is 1. The van der Waals surface area contributed by atoms with Crippen molar-refractivity contribution in [2.45, 2.75) is 32.2 Å². The van der Waals surface area contributed by atoms with Gasteiger partial charge in [0.1, 0.15) is 5.82 Å². The van der Waals surface area contributed by atoms with Crippen LogP contribution in [0.25, 0.3) is 0 Å². The van der Waals surface area contributed by atoms with Crippen molar-refractivity contribution in [3.63, 3.8) is 0 Å². The van der Waals surface area contributed by atoms with E-state index in [0.717, 1.165) is 36.2 Å². The van der Waals surface area contributed by atoms with E-state index in [2.05, 4.69) is 38.9 Å². The van der Waals surface area contributed by atoms with Crippen LogP contribution < -0.4 is 10.2 Å². The molecule has 1 aliphatic rings. The van der Waals surface area contributed by atoms with Gasteiger partial charge >= 0.3 is 0 Å². The molecule has 0 bridgehead atoms. The first-order valence-corrected chi connectivity index (χ1v) is 12.2. The maximum Gasteiger partial charge on any atom is 0.239 e. The first kappa shape index (κ1) is 22.4. The Hall–Kier alpha value is -2.77. The fourth-order valence-electron chi connectivity index (χ4n) is 3.98. The monoisotopic (exact) mass is 449 g/mol. The topological polar surface area (TPSA) is 61.4 Å². The molecule has 2 heterocycles. The summed E-state index contributed by atoms with van der Waals surface area (Å²) in [7, 11) is 0. The van der Waals surface area contributed by atoms with Crippen molar-refractivity contribution < 1.29 is 4.79 Å². The fraction of sp³-hybridized carbons (Fsp3) is 0.400. The van der Waals surface area contributed by atoms with Crippen molar-refractivity contribution in [1.82, 2.24) is 19.6 Å². The van der Waals surface area contributed by atoms with Gasteiger partial charge in [0.2, 0.25) is 11.0 Å². The summed E-state index contributed by atoms with van der Waals surface area (Å²) < 4.78 is 4.56. The van der Waals surface area contributed by atoms with Gasteiger partial charge in [-0.25, -0.2) is 4.98 Å². The van der Waals surface area contributed by atoms with E-state index in [1.54, 1.807) is 0 Å². The molecule has 1 aliphatic heterocycles. The third kappa shape index (κ3) is 6.87. The molecule has 1 amide bonds. The van der Waals surface area contributed by atoms with Crippen LogP contribution in [0, 0.1) is 0 Å². The number of anilines is 1. The molecular formula is C25H31N5OS. The van der Waals surface area contributed by atoms with Gasteiger partial charge < -0.3 is 15.1 Å². The molecule has 0 spiro atoms. The van der Waals surface area contributed by atoms with E-state index in [1.165, 1.54) is 36.4 Å². The number of likely N-dealkylation sites (tertiary alicyclic amines) is 1. The minimum Gasteiger partial charge on any atom is -0.353 e. The van der Waals surface area contributed by atoms with Gasteiger partial charge in [0, 0.05) is 37.6 Å². The zero-order valence-corrected chi connectivity index (χ0v) is 19.3. The largest absolute Gasteiger partial charge is 0.353 e. The van der Waals surface area contributed by atoms with Gasteiger partial charge in [-0.15, -0.1) is 0 Å². The third-order valence-electron chi connectivity index (χ3n) is 5.68. The summed E-state index contributed by atoms with van der Waals surface area (Å²) in [6, 6.07) is 20.4. The smallest absolute Gasteiger partial charge is 0.239 e. The zero-order chi connectivity index (χ0) is 22.0. The summed E-state index contributed by atoms with van der Waals surface area (Å²) in [6.07, 6.45) is 4.55. The number of nitrogens with zero attached hydrogens (tertiary/aromatic N) is 4. The highest BCUT2D eigenvalue weighted by atomic mass is 32.1. The molecule has 4 rings (SSSR count). The quantitative estimate of drug-likeness (QED) is 0.511. The van der Waals surface area contributed by atoms with Crippen LogP contribution in [0.15, 0.2) is 60.7 Å². The van der Waals surface area contributed by atoms with E-state index < -0.39 is 0 Å². The van der Waals surface area contributed by atoms with Crippen molar-refractivity contribution >= 4 is 22.6 Å². The van der Waals surface area contributed by atoms with Crippen molar-refractivity contribution in [2.24, 2.45) is 0 Å². The second-order valence-corrected chi connectivity index (χ2v) is 8.98. The van der Waals surface area contributed by atoms with Crippen LogP contribution in [0.5, 0.6) is 0 Å². The summed E-state index contributed by atoms with van der Waals surface area (Å²) in [5, 5.41) is 3.88. The van der Waals surface area contributed by atoms with Crippen molar-refractivity contribution in [3.05, 3.63) is 77.6 Å². The van der Waals surface area contributed by atoms with E-state index >= 15 is 0 Å². The average Bonchev–Trinajstić information content (AvgIpc) is 3.29. The Balaban J connectivity index is 1.37. The highest BCUT2D eigenvalue weighted by molar-refractivity contribution is 7.09. The second kappa shape index (κ2) is 11.7. The number of aromatic nitrogens is 2. The Morgan fingerprint density at radius 3 is 2.38 bits per heavy atom. The van der Waals surface area contributed by atoms with Gasteiger partial charge in [-0.2, -0.15) is 4.37 Å². The van der Waals surface area contributed by atoms with Crippen LogP contribution in [-0.4, -0.2) is 52.9 Å². The first-order valence-electron chi connectivity index (χ1n) is 11.4. The lowest BCUT2D eigenvalue weighted by molar-refractivity contribution is -0.119. The van der Waals surface area contributed by atoms with Gasteiger partial charge in [0.25, 0.3) is 0 Å². The molecule has 0 aliphatic carbocycles. The van der Waals surface area contributed by atoms with Crippen LogP contribution in [0.1, 0.15) is 36.2 Å². The number of amides is 1. The molecule has 3 aromatic rings. The molecule has 7 heteroatoms. The molecule has 1 saturated heterocycles. The number of benzene rings is 2. The number of piperidine rings is 1. The molecule has 0 atom stereocenters. The molecule has 6 nitrogen and oxygen atoms in total. The molecule has 0 radical (unpaired) electrons. The first-order chi connectivity index (χ1) is 15.8. The minimum atomic E-state index is 0.0257. The lowest BCUT2D eigenvalue weighted by atomic mass is 10.1. The Bertz CT molecular complexity index is 957. The SMILES string of the molecule is O=C(CN(Cc1ccccc1)c1nc(Cc2ccccc2)ns1)NCCN1CCCCC1. The second-order valence-electron chi connectivity index (χ2n) is 8.25. The summed E-state index contributed by atoms with van der Waals surface area (Å²) in [5.41, 5.74) is 2.33. The highest BCUT2D eigenvalue weighted by Crippen LogP contribution is 2.21. The average molecular weight is 450 g/mol. The normalized spacial score (nSPS) is 14.2. The lowest BCUT2D eigenvalue weighted by Crippen LogP contribution is -2.41. The molecule has 1 fully saturated rings. The zero-order valence-electron chi connectivity index (χ0n) is 18.4. The van der Waals surface area contributed by atoms with Gasteiger partial charge in [-0.3, -0.25) is 4.79 Å². The van der Waals surface area contributed by atoms with Gasteiger partial charge in [0.05, 0.1) is 6.54 Å². The van der Waals surface area contributed by atoms with Crippen molar-refractivity contribution in [3.8, 4) is 0 Å². The number of rotatable bonds is 10. The maximum atomic E-state index is 12.7. The third-order valence-corrected chi connectivity index (χ3v) is 6.50. The van der Waals surface area contributed by atoms with E-state index in [4.69, 9.17) is 4.98 Å². The molecule has 32 heavy (non-hydrogen) atoms. The molecule has 1 aromatic heterocycles. The highest BCUT2D eigenvalue weighted by Gasteiger charge is 2.17. The molecule has 168 valence electrons. The summed E-state index contributed by atoms with van der Waals surface area (Å²) >= 11 is 1.36. The van der Waals surface area contributed by atoms with Crippen LogP contribution in [-0.2, 0) is 17.8 Å². The Kier molecular flexibility index (Phi) is 8.23. The van der Waals surface area contributed by atoms with Crippen molar-refractivity contribution in [2.75, 3.05) is 37.6 Å². The molecular weight excluding hydrogens is 418 g/mol.